The first-order valence-electron chi connectivity index (χ1n) is 17.1. The van der Waals surface area contributed by atoms with Crippen molar-refractivity contribution in [2.24, 2.45) is 0 Å². The van der Waals surface area contributed by atoms with Crippen molar-refractivity contribution in [2.75, 3.05) is 0 Å². The highest BCUT2D eigenvalue weighted by Gasteiger charge is 2.18. The van der Waals surface area contributed by atoms with Crippen molar-refractivity contribution >= 4 is 43.5 Å². The summed E-state index contributed by atoms with van der Waals surface area (Å²) >= 11 is 0. The summed E-state index contributed by atoms with van der Waals surface area (Å²) in [4.78, 5) is 15.5. The molecular weight excluding hydrogens is 623 g/mol. The Labute approximate surface area is 294 Å². The number of nitrogens with zero attached hydrogens (tertiary/aromatic N) is 3. The predicted molar refractivity (Wildman–Crippen MR) is 209 cm³/mol. The van der Waals surface area contributed by atoms with Crippen molar-refractivity contribution in [3.8, 4) is 56.4 Å². The van der Waals surface area contributed by atoms with Gasteiger partial charge in [-0.15, -0.1) is 0 Å². The second kappa shape index (κ2) is 11.9. The fraction of sp³-hybridized carbons (Fsp3) is 0. The molecule has 0 radical (unpaired) electrons. The monoisotopic (exact) mass is 651 g/mol. The highest BCUT2D eigenvalue weighted by molar-refractivity contribution is 6.14. The Balaban J connectivity index is 1.18. The van der Waals surface area contributed by atoms with Gasteiger partial charge in [-0.1, -0.05) is 152 Å². The summed E-state index contributed by atoms with van der Waals surface area (Å²) in [6.45, 7) is 0. The lowest BCUT2D eigenvalue weighted by Crippen LogP contribution is -2.01. The van der Waals surface area contributed by atoms with Crippen LogP contribution in [0.1, 0.15) is 0 Å². The molecule has 10 rings (SSSR count). The minimum Gasteiger partial charge on any atom is -0.456 e. The lowest BCUT2D eigenvalue weighted by Gasteiger charge is -2.13. The lowest BCUT2D eigenvalue weighted by atomic mass is 9.96. The molecule has 0 spiro atoms. The molecule has 0 saturated heterocycles. The molecule has 2 heterocycles. The SMILES string of the molecule is c1ccc(-c2ccc(-c3nc(-c4cccc(-c5cccc6oc7ccccc7c56)c4)nc(-c4cc5ccccc5c5ccccc45)n3)cc2)cc1. The average molecular weight is 652 g/mol. The predicted octanol–water partition coefficient (Wildman–Crippen LogP) is 12.4. The smallest absolute Gasteiger partial charge is 0.164 e. The molecule has 51 heavy (non-hydrogen) atoms. The van der Waals surface area contributed by atoms with Crippen molar-refractivity contribution < 1.29 is 4.42 Å². The fourth-order valence-corrected chi connectivity index (χ4v) is 7.28. The molecule has 4 heteroatoms. The van der Waals surface area contributed by atoms with E-state index in [2.05, 4.69) is 152 Å². The topological polar surface area (TPSA) is 51.8 Å². The first-order valence-corrected chi connectivity index (χ1v) is 17.1. The van der Waals surface area contributed by atoms with Gasteiger partial charge in [0.2, 0.25) is 0 Å². The van der Waals surface area contributed by atoms with Gasteiger partial charge in [0.15, 0.2) is 17.5 Å². The second-order valence-corrected chi connectivity index (χ2v) is 12.8. The summed E-state index contributed by atoms with van der Waals surface area (Å²) < 4.78 is 6.23. The molecule has 0 aliphatic heterocycles. The van der Waals surface area contributed by atoms with E-state index in [-0.39, 0.29) is 0 Å². The summed E-state index contributed by atoms with van der Waals surface area (Å²) in [6.07, 6.45) is 0. The van der Waals surface area contributed by atoms with Crippen LogP contribution < -0.4 is 0 Å². The maximum atomic E-state index is 6.23. The van der Waals surface area contributed by atoms with E-state index in [9.17, 15) is 0 Å². The van der Waals surface area contributed by atoms with E-state index in [1.54, 1.807) is 0 Å². The van der Waals surface area contributed by atoms with Gasteiger partial charge in [0, 0.05) is 27.5 Å². The van der Waals surface area contributed by atoms with E-state index in [0.29, 0.717) is 17.5 Å². The zero-order valence-electron chi connectivity index (χ0n) is 27.5. The van der Waals surface area contributed by atoms with Gasteiger partial charge < -0.3 is 4.42 Å². The Hall–Kier alpha value is -6.91. The number of benzene rings is 8. The molecule has 0 unspecified atom stereocenters. The minimum atomic E-state index is 0.616. The maximum absolute atomic E-state index is 6.23. The Morgan fingerprint density at radius 3 is 1.73 bits per heavy atom. The third-order valence-corrected chi connectivity index (χ3v) is 9.73. The molecule has 0 atom stereocenters. The maximum Gasteiger partial charge on any atom is 0.164 e. The summed E-state index contributed by atoms with van der Waals surface area (Å²) in [5.74, 6) is 1.88. The lowest BCUT2D eigenvalue weighted by molar-refractivity contribution is 0.669. The molecule has 0 amide bonds. The van der Waals surface area contributed by atoms with Crippen molar-refractivity contribution in [2.45, 2.75) is 0 Å². The number of furan rings is 1. The highest BCUT2D eigenvalue weighted by atomic mass is 16.3. The Morgan fingerprint density at radius 1 is 0.314 bits per heavy atom. The Morgan fingerprint density at radius 2 is 0.882 bits per heavy atom. The zero-order valence-corrected chi connectivity index (χ0v) is 27.5. The van der Waals surface area contributed by atoms with E-state index in [4.69, 9.17) is 19.4 Å². The Kier molecular flexibility index (Phi) is 6.78. The van der Waals surface area contributed by atoms with Crippen LogP contribution in [0.3, 0.4) is 0 Å². The van der Waals surface area contributed by atoms with Gasteiger partial charge in [0.05, 0.1) is 0 Å². The first kappa shape index (κ1) is 29.0. The van der Waals surface area contributed by atoms with Crippen LogP contribution in [0.15, 0.2) is 180 Å². The third-order valence-electron chi connectivity index (χ3n) is 9.73. The van der Waals surface area contributed by atoms with Crippen LogP contribution in [-0.4, -0.2) is 15.0 Å². The Bertz CT molecular complexity index is 2910. The van der Waals surface area contributed by atoms with Crippen molar-refractivity contribution in [3.63, 3.8) is 0 Å². The van der Waals surface area contributed by atoms with Crippen LogP contribution in [0.5, 0.6) is 0 Å². The van der Waals surface area contributed by atoms with Gasteiger partial charge in [0.25, 0.3) is 0 Å². The van der Waals surface area contributed by atoms with E-state index in [1.807, 2.05) is 24.3 Å². The molecule has 238 valence electrons. The molecule has 2 aromatic heterocycles. The van der Waals surface area contributed by atoms with Gasteiger partial charge in [0.1, 0.15) is 11.2 Å². The molecule has 0 aliphatic carbocycles. The second-order valence-electron chi connectivity index (χ2n) is 12.8. The summed E-state index contributed by atoms with van der Waals surface area (Å²) in [5, 5.41) is 6.82. The van der Waals surface area contributed by atoms with Crippen LogP contribution in [0.4, 0.5) is 0 Å². The fourth-order valence-electron chi connectivity index (χ4n) is 7.28. The quantitative estimate of drug-likeness (QED) is 0.174. The number of rotatable bonds is 5. The average Bonchev–Trinajstić information content (AvgIpc) is 3.60. The molecule has 0 fully saturated rings. The standard InChI is InChI=1S/C47H29N3O/c1-2-12-30(13-3-1)31-24-26-32(27-25-31)45-48-46(50-47(49-45)41-29-34-14-4-5-17-36(34)38-18-6-7-19-39(38)41)35-16-10-15-33(28-35)37-21-11-23-43-44(37)40-20-8-9-22-42(40)51-43/h1-29H. The van der Waals surface area contributed by atoms with Crippen LogP contribution in [0, 0.1) is 0 Å². The van der Waals surface area contributed by atoms with Crippen LogP contribution in [0.25, 0.3) is 99.9 Å². The highest BCUT2D eigenvalue weighted by Crippen LogP contribution is 2.39. The van der Waals surface area contributed by atoms with E-state index in [1.165, 1.54) is 16.3 Å². The number of aromatic nitrogens is 3. The van der Waals surface area contributed by atoms with Crippen molar-refractivity contribution in [3.05, 3.63) is 176 Å². The molecule has 0 N–H and O–H groups in total. The van der Waals surface area contributed by atoms with E-state index < -0.39 is 0 Å². The summed E-state index contributed by atoms with van der Waals surface area (Å²) in [7, 11) is 0. The first-order chi connectivity index (χ1) is 25.3. The van der Waals surface area contributed by atoms with Gasteiger partial charge >= 0.3 is 0 Å². The number of para-hydroxylation sites is 1. The third kappa shape index (κ3) is 5.04. The number of hydrogen-bond donors (Lipinski definition) is 0. The van der Waals surface area contributed by atoms with Gasteiger partial charge in [-0.2, -0.15) is 0 Å². The zero-order chi connectivity index (χ0) is 33.7. The largest absolute Gasteiger partial charge is 0.456 e. The normalized spacial score (nSPS) is 11.5. The van der Waals surface area contributed by atoms with Crippen molar-refractivity contribution in [1.29, 1.82) is 0 Å². The molecule has 10 aromatic rings. The number of hydrogen-bond acceptors (Lipinski definition) is 4. The summed E-state index contributed by atoms with van der Waals surface area (Å²) in [6, 6.07) is 61.0. The van der Waals surface area contributed by atoms with Gasteiger partial charge in [-0.25, -0.2) is 15.0 Å². The molecular formula is C47H29N3O. The number of fused-ring (bicyclic) bond motifs is 6. The van der Waals surface area contributed by atoms with Crippen LogP contribution in [-0.2, 0) is 0 Å². The molecule has 0 aliphatic rings. The summed E-state index contributed by atoms with van der Waals surface area (Å²) in [5.41, 5.74) is 9.03. The van der Waals surface area contributed by atoms with E-state index >= 15 is 0 Å². The molecule has 4 nitrogen and oxygen atoms in total. The minimum absolute atomic E-state index is 0.616. The van der Waals surface area contributed by atoms with E-state index in [0.717, 1.165) is 66.1 Å². The molecule has 0 bridgehead atoms. The van der Waals surface area contributed by atoms with Crippen LogP contribution in [0.2, 0.25) is 0 Å². The molecule has 8 aromatic carbocycles. The van der Waals surface area contributed by atoms with Gasteiger partial charge in [-0.3, -0.25) is 0 Å². The van der Waals surface area contributed by atoms with Crippen molar-refractivity contribution in [1.82, 2.24) is 15.0 Å². The van der Waals surface area contributed by atoms with Gasteiger partial charge in [-0.05, 0) is 68.1 Å². The van der Waals surface area contributed by atoms with Crippen LogP contribution >= 0.6 is 0 Å². The molecule has 0 saturated carbocycles.